The van der Waals surface area contributed by atoms with Gasteiger partial charge in [0.25, 0.3) is 0 Å². The van der Waals surface area contributed by atoms with Crippen LogP contribution in [0.1, 0.15) is 219 Å². The molecule has 10 heteroatoms. The number of carbonyl (C=O) groups is 2. The van der Waals surface area contributed by atoms with Gasteiger partial charge in [0.05, 0.1) is 27.7 Å². The van der Waals surface area contributed by atoms with Crippen molar-refractivity contribution in [3.05, 3.63) is 0 Å². The fourth-order valence-corrected chi connectivity index (χ4v) is 7.29. The number of carbonyl (C=O) groups excluding carboxylic acids is 2. The van der Waals surface area contributed by atoms with Gasteiger partial charge in [-0.1, -0.05) is 194 Å². The summed E-state index contributed by atoms with van der Waals surface area (Å²) in [6.07, 6.45) is 37.1. The molecule has 1 N–H and O–H groups in total. The predicted octanol–water partition coefficient (Wildman–Crippen LogP) is 12.8. The molecule has 9 nitrogen and oxygen atoms in total. The monoisotopic (exact) mass is 791 g/mol. The van der Waals surface area contributed by atoms with Crippen LogP contribution in [0.25, 0.3) is 0 Å². The first kappa shape index (κ1) is 53.0. The summed E-state index contributed by atoms with van der Waals surface area (Å²) in [6.45, 7) is 4.46. The van der Waals surface area contributed by atoms with Gasteiger partial charge < -0.3 is 18.9 Å². The van der Waals surface area contributed by atoms with Crippen LogP contribution in [0.2, 0.25) is 0 Å². The third-order valence-electron chi connectivity index (χ3n) is 10.1. The Labute approximate surface area is 334 Å². The van der Waals surface area contributed by atoms with Crippen molar-refractivity contribution in [1.82, 2.24) is 0 Å². The van der Waals surface area contributed by atoms with E-state index in [2.05, 4.69) is 13.8 Å². The molecule has 0 aromatic rings. The second-order valence-electron chi connectivity index (χ2n) is 16.8. The van der Waals surface area contributed by atoms with Crippen LogP contribution in [-0.4, -0.2) is 74.9 Å². The summed E-state index contributed by atoms with van der Waals surface area (Å²) >= 11 is 0. The molecule has 0 aromatic heterocycles. The van der Waals surface area contributed by atoms with Crippen molar-refractivity contribution in [2.75, 3.05) is 47.5 Å². The van der Waals surface area contributed by atoms with Crippen LogP contribution >= 0.6 is 7.82 Å². The van der Waals surface area contributed by atoms with Gasteiger partial charge in [-0.2, -0.15) is 0 Å². The van der Waals surface area contributed by atoms with E-state index in [1.165, 1.54) is 154 Å². The minimum absolute atomic E-state index is 0.0368. The summed E-state index contributed by atoms with van der Waals surface area (Å²) < 4.78 is 34.3. The van der Waals surface area contributed by atoms with Gasteiger partial charge in [-0.3, -0.25) is 18.6 Å². The fourth-order valence-electron chi connectivity index (χ4n) is 6.54. The lowest BCUT2D eigenvalue weighted by Gasteiger charge is -2.24. The molecule has 0 heterocycles. The summed E-state index contributed by atoms with van der Waals surface area (Å²) in [6, 6.07) is 0. The van der Waals surface area contributed by atoms with Gasteiger partial charge in [0.1, 0.15) is 19.8 Å². The van der Waals surface area contributed by atoms with E-state index in [1.54, 1.807) is 0 Å². The minimum atomic E-state index is -4.36. The van der Waals surface area contributed by atoms with Gasteiger partial charge in [0.2, 0.25) is 0 Å². The number of likely N-dealkylation sites (N-methyl/N-ethyl adjacent to an activating group) is 1. The molecule has 0 saturated heterocycles. The van der Waals surface area contributed by atoms with E-state index in [1.807, 2.05) is 21.1 Å². The van der Waals surface area contributed by atoms with Crippen molar-refractivity contribution in [3.63, 3.8) is 0 Å². The van der Waals surface area contributed by atoms with Gasteiger partial charge in [-0.25, -0.2) is 4.57 Å². The van der Waals surface area contributed by atoms with Crippen molar-refractivity contribution in [1.29, 1.82) is 0 Å². The maximum absolute atomic E-state index is 12.7. The number of hydrogen-bond acceptors (Lipinski definition) is 7. The first-order valence-electron chi connectivity index (χ1n) is 22.8. The van der Waals surface area contributed by atoms with Crippen molar-refractivity contribution in [3.8, 4) is 0 Å². The highest BCUT2D eigenvalue weighted by molar-refractivity contribution is 7.47. The van der Waals surface area contributed by atoms with Crippen molar-refractivity contribution in [2.24, 2.45) is 0 Å². The average molecular weight is 791 g/mol. The third kappa shape index (κ3) is 40.7. The first-order chi connectivity index (χ1) is 26.0. The van der Waals surface area contributed by atoms with Crippen LogP contribution in [-0.2, 0) is 32.7 Å². The van der Waals surface area contributed by atoms with Gasteiger partial charge in [0.15, 0.2) is 6.10 Å². The molecule has 0 radical (unpaired) electrons. The number of quaternary nitrogens is 1. The van der Waals surface area contributed by atoms with Crippen LogP contribution < -0.4 is 0 Å². The molecule has 0 aliphatic carbocycles. The second kappa shape index (κ2) is 37.6. The lowest BCUT2D eigenvalue weighted by molar-refractivity contribution is -0.870. The van der Waals surface area contributed by atoms with Gasteiger partial charge >= 0.3 is 19.8 Å². The van der Waals surface area contributed by atoms with E-state index in [-0.39, 0.29) is 25.6 Å². The zero-order valence-corrected chi connectivity index (χ0v) is 37.1. The molecule has 0 fully saturated rings. The topological polar surface area (TPSA) is 108 Å². The highest BCUT2D eigenvalue weighted by Crippen LogP contribution is 2.43. The van der Waals surface area contributed by atoms with E-state index in [0.29, 0.717) is 17.4 Å². The summed E-state index contributed by atoms with van der Waals surface area (Å²) in [5.41, 5.74) is 0. The molecule has 0 amide bonds. The first-order valence-corrected chi connectivity index (χ1v) is 24.3. The van der Waals surface area contributed by atoms with Crippen molar-refractivity contribution < 1.29 is 42.1 Å². The summed E-state index contributed by atoms with van der Waals surface area (Å²) in [5, 5.41) is 0. The molecule has 0 saturated carbocycles. The smallest absolute Gasteiger partial charge is 0.462 e. The molecule has 0 rings (SSSR count). The van der Waals surface area contributed by atoms with Crippen molar-refractivity contribution >= 4 is 19.8 Å². The highest BCUT2D eigenvalue weighted by atomic mass is 31.2. The molecule has 0 bridgehead atoms. The summed E-state index contributed by atoms with van der Waals surface area (Å²) in [5.74, 6) is -0.783. The lowest BCUT2D eigenvalue weighted by Crippen LogP contribution is -2.37. The fraction of sp³-hybridized carbons (Fsp3) is 0.955. The largest absolute Gasteiger partial charge is 0.472 e. The van der Waals surface area contributed by atoms with Gasteiger partial charge in [-0.15, -0.1) is 0 Å². The second-order valence-corrected chi connectivity index (χ2v) is 18.3. The average Bonchev–Trinajstić information content (AvgIpc) is 3.12. The Balaban J connectivity index is 4.27. The Kier molecular flexibility index (Phi) is 36.9. The number of phosphoric ester groups is 1. The summed E-state index contributed by atoms with van der Waals surface area (Å²) in [4.78, 5) is 35.3. The summed E-state index contributed by atoms with van der Waals surface area (Å²) in [7, 11) is 1.49. The molecule has 322 valence electrons. The van der Waals surface area contributed by atoms with Gasteiger partial charge in [0, 0.05) is 12.8 Å². The minimum Gasteiger partial charge on any atom is -0.462 e. The molecule has 54 heavy (non-hydrogen) atoms. The van der Waals surface area contributed by atoms with Crippen molar-refractivity contribution in [2.45, 2.75) is 225 Å². The van der Waals surface area contributed by atoms with Crippen LogP contribution in [0.5, 0.6) is 0 Å². The number of nitrogens with zero attached hydrogens (tertiary/aromatic N) is 1. The SMILES string of the molecule is CCCCCCCCCCCCCCCCCCCCC(=O)OC(COC(=O)CCCCCCCCCCCCCC)COP(=O)(O)OCC[N+](C)(C)C. The Morgan fingerprint density at radius 1 is 0.500 bits per heavy atom. The van der Waals surface area contributed by atoms with Crippen LogP contribution in [0.3, 0.4) is 0 Å². The maximum Gasteiger partial charge on any atom is 0.472 e. The van der Waals surface area contributed by atoms with Crippen LogP contribution in [0, 0.1) is 0 Å². The molecule has 0 aliphatic heterocycles. The quantitative estimate of drug-likeness (QED) is 0.0282. The Morgan fingerprint density at radius 2 is 0.833 bits per heavy atom. The highest BCUT2D eigenvalue weighted by Gasteiger charge is 2.27. The van der Waals surface area contributed by atoms with Crippen LogP contribution in [0.4, 0.5) is 0 Å². The van der Waals surface area contributed by atoms with E-state index in [9.17, 15) is 19.0 Å². The molecule has 2 unspecified atom stereocenters. The zero-order chi connectivity index (χ0) is 40.0. The molecule has 0 spiro atoms. The van der Waals surface area contributed by atoms with E-state index >= 15 is 0 Å². The molecular formula is C44H89NO8P+. The molecule has 0 aromatic carbocycles. The van der Waals surface area contributed by atoms with E-state index < -0.39 is 26.5 Å². The maximum atomic E-state index is 12.7. The molecule has 2 atom stereocenters. The van der Waals surface area contributed by atoms with Crippen LogP contribution in [0.15, 0.2) is 0 Å². The van der Waals surface area contributed by atoms with E-state index in [4.69, 9.17) is 18.5 Å². The van der Waals surface area contributed by atoms with E-state index in [0.717, 1.165) is 38.5 Å². The predicted molar refractivity (Wildman–Crippen MR) is 225 cm³/mol. The Morgan fingerprint density at radius 3 is 1.19 bits per heavy atom. The lowest BCUT2D eigenvalue weighted by atomic mass is 10.0. The standard InChI is InChI=1S/C44H88NO8P/c1-6-8-10-12-14-16-18-20-21-22-23-24-25-27-29-31-33-35-37-44(47)53-42(41-52-54(48,49)51-39-38-45(3,4)5)40-50-43(46)36-34-32-30-28-26-19-17-15-13-11-9-7-2/h42H,6-41H2,1-5H3/p+1. The number of phosphoric acid groups is 1. The number of ether oxygens (including phenoxy) is 2. The molecular weight excluding hydrogens is 701 g/mol. The normalized spacial score (nSPS) is 13.5. The zero-order valence-electron chi connectivity index (χ0n) is 36.2. The number of rotatable bonds is 42. The number of unbranched alkanes of at least 4 members (excludes halogenated alkanes) is 28. The Bertz CT molecular complexity index is 896. The van der Waals surface area contributed by atoms with Gasteiger partial charge in [-0.05, 0) is 12.8 Å². The number of hydrogen-bond donors (Lipinski definition) is 1. The molecule has 0 aliphatic rings. The number of esters is 2. The Hall–Kier alpha value is -0.990. The third-order valence-corrected chi connectivity index (χ3v) is 11.1.